The molecule has 1 unspecified atom stereocenters. The van der Waals surface area contributed by atoms with Gasteiger partial charge in [-0.15, -0.1) is 0 Å². The molecule has 1 saturated heterocycles. The van der Waals surface area contributed by atoms with Crippen LogP contribution in [0, 0.1) is 0 Å². The lowest BCUT2D eigenvalue weighted by Crippen LogP contribution is -2.35. The van der Waals surface area contributed by atoms with Crippen molar-refractivity contribution in [1.29, 1.82) is 0 Å². The molecule has 1 atom stereocenters. The number of carbonyl (C=O) groups is 2. The van der Waals surface area contributed by atoms with Crippen LogP contribution in [0.4, 0.5) is 0 Å². The van der Waals surface area contributed by atoms with Crippen LogP contribution in [-0.2, 0) is 34.0 Å². The summed E-state index contributed by atoms with van der Waals surface area (Å²) in [5.74, 6) is 0.408. The normalized spacial score (nSPS) is 16.1. The molecule has 2 aromatic carbocycles. The minimum Gasteiger partial charge on any atom is -0.368 e. The van der Waals surface area contributed by atoms with E-state index in [1.807, 2.05) is 59.2 Å². The van der Waals surface area contributed by atoms with Crippen LogP contribution in [0.1, 0.15) is 24.2 Å². The van der Waals surface area contributed by atoms with Crippen molar-refractivity contribution in [2.45, 2.75) is 38.6 Å². The highest BCUT2D eigenvalue weighted by atomic mass is 16.5. The van der Waals surface area contributed by atoms with E-state index in [-0.39, 0.29) is 31.0 Å². The third-order valence-corrected chi connectivity index (χ3v) is 5.01. The number of amides is 2. The number of para-hydroxylation sites is 2. The number of carbonyl (C=O) groups excluding carboxylic acids is 2. The molecule has 0 bridgehead atoms. The second kappa shape index (κ2) is 8.87. The van der Waals surface area contributed by atoms with Crippen molar-refractivity contribution in [2.75, 3.05) is 6.61 Å². The first-order valence-corrected chi connectivity index (χ1v) is 9.85. The van der Waals surface area contributed by atoms with Gasteiger partial charge in [0.2, 0.25) is 11.8 Å². The second-order valence-corrected chi connectivity index (χ2v) is 7.08. The van der Waals surface area contributed by atoms with Gasteiger partial charge in [0, 0.05) is 13.2 Å². The van der Waals surface area contributed by atoms with Gasteiger partial charge in [0.25, 0.3) is 0 Å². The zero-order valence-electron chi connectivity index (χ0n) is 16.1. The van der Waals surface area contributed by atoms with Crippen molar-refractivity contribution >= 4 is 22.8 Å². The predicted octanol–water partition coefficient (Wildman–Crippen LogP) is 2.15. The molecule has 29 heavy (non-hydrogen) atoms. The van der Waals surface area contributed by atoms with Gasteiger partial charge in [-0.1, -0.05) is 42.5 Å². The maximum absolute atomic E-state index is 12.6. The van der Waals surface area contributed by atoms with Gasteiger partial charge in [-0.05, 0) is 30.5 Å². The first-order valence-electron chi connectivity index (χ1n) is 9.85. The molecule has 150 valence electrons. The van der Waals surface area contributed by atoms with Gasteiger partial charge < -0.3 is 19.9 Å². The molecule has 2 N–H and O–H groups in total. The van der Waals surface area contributed by atoms with Crippen LogP contribution in [-0.4, -0.2) is 34.1 Å². The Balaban J connectivity index is 1.45. The Bertz CT molecular complexity index is 994. The van der Waals surface area contributed by atoms with Gasteiger partial charge in [-0.25, -0.2) is 4.98 Å². The third kappa shape index (κ3) is 4.63. The molecule has 3 aromatic rings. The maximum Gasteiger partial charge on any atom is 0.249 e. The Morgan fingerprint density at radius 3 is 2.62 bits per heavy atom. The lowest BCUT2D eigenvalue weighted by atomic mass is 10.2. The van der Waals surface area contributed by atoms with Crippen molar-refractivity contribution in [3.63, 3.8) is 0 Å². The predicted molar refractivity (Wildman–Crippen MR) is 109 cm³/mol. The summed E-state index contributed by atoms with van der Waals surface area (Å²) in [7, 11) is 0. The number of imidazole rings is 1. The highest BCUT2D eigenvalue weighted by Gasteiger charge is 2.24. The van der Waals surface area contributed by atoms with Crippen molar-refractivity contribution in [3.05, 3.63) is 66.0 Å². The summed E-state index contributed by atoms with van der Waals surface area (Å²) in [6, 6.07) is 17.4. The fourth-order valence-corrected chi connectivity index (χ4v) is 3.50. The van der Waals surface area contributed by atoms with E-state index in [2.05, 4.69) is 15.6 Å². The number of ether oxygens (including phenoxy) is 1. The van der Waals surface area contributed by atoms with E-state index in [1.54, 1.807) is 0 Å². The van der Waals surface area contributed by atoms with Crippen molar-refractivity contribution in [3.8, 4) is 0 Å². The lowest BCUT2D eigenvalue weighted by Gasteiger charge is -2.12. The molecular weight excluding hydrogens is 368 g/mol. The summed E-state index contributed by atoms with van der Waals surface area (Å²) < 4.78 is 7.28. The Kier molecular flexibility index (Phi) is 5.86. The number of aromatic nitrogens is 2. The molecule has 0 radical (unpaired) electrons. The molecule has 1 aromatic heterocycles. The number of hydrogen-bond acceptors (Lipinski definition) is 4. The van der Waals surface area contributed by atoms with Gasteiger partial charge in [0.1, 0.15) is 18.5 Å². The zero-order valence-corrected chi connectivity index (χ0v) is 16.1. The van der Waals surface area contributed by atoms with Crippen LogP contribution < -0.4 is 10.6 Å². The molecule has 2 heterocycles. The topological polar surface area (TPSA) is 85.2 Å². The number of fused-ring (bicyclic) bond motifs is 1. The molecular formula is C22H24N4O3. The highest BCUT2D eigenvalue weighted by Crippen LogP contribution is 2.17. The second-order valence-electron chi connectivity index (χ2n) is 7.08. The van der Waals surface area contributed by atoms with Gasteiger partial charge in [0.15, 0.2) is 0 Å². The minimum atomic E-state index is -0.387. The van der Waals surface area contributed by atoms with E-state index >= 15 is 0 Å². The standard InChI is InChI=1S/C22H24N4O3/c27-21(23-13-16-7-2-1-3-8-16)15-26-18-10-5-4-9-17(18)25-20(26)14-24-22(28)19-11-6-12-29-19/h1-5,7-10,19H,6,11-15H2,(H,23,27)(H,24,28). The van der Waals surface area contributed by atoms with Crippen LogP contribution >= 0.6 is 0 Å². The van der Waals surface area contributed by atoms with Crippen LogP contribution in [0.15, 0.2) is 54.6 Å². The highest BCUT2D eigenvalue weighted by molar-refractivity contribution is 5.82. The van der Waals surface area contributed by atoms with E-state index in [0.717, 1.165) is 29.4 Å². The summed E-state index contributed by atoms with van der Waals surface area (Å²) in [5, 5.41) is 5.84. The van der Waals surface area contributed by atoms with Crippen molar-refractivity contribution < 1.29 is 14.3 Å². The molecule has 7 nitrogen and oxygen atoms in total. The summed E-state index contributed by atoms with van der Waals surface area (Å²) in [6.45, 7) is 1.48. The van der Waals surface area contributed by atoms with Gasteiger partial charge in [0.05, 0.1) is 17.6 Å². The summed E-state index contributed by atoms with van der Waals surface area (Å²) in [4.78, 5) is 29.4. The number of benzene rings is 2. The largest absolute Gasteiger partial charge is 0.368 e. The quantitative estimate of drug-likeness (QED) is 0.645. The molecule has 0 aliphatic carbocycles. The summed E-state index contributed by atoms with van der Waals surface area (Å²) in [6.07, 6.45) is 1.25. The van der Waals surface area contributed by atoms with E-state index in [9.17, 15) is 9.59 Å². The number of rotatable bonds is 7. The average molecular weight is 392 g/mol. The summed E-state index contributed by atoms with van der Waals surface area (Å²) in [5.41, 5.74) is 2.70. The van der Waals surface area contributed by atoms with E-state index in [0.29, 0.717) is 19.0 Å². The van der Waals surface area contributed by atoms with Crippen LogP contribution in [0.2, 0.25) is 0 Å². The average Bonchev–Trinajstić information content (AvgIpc) is 3.40. The minimum absolute atomic E-state index is 0.108. The van der Waals surface area contributed by atoms with Gasteiger partial charge in [-0.2, -0.15) is 0 Å². The first-order chi connectivity index (χ1) is 14.2. The molecule has 2 amide bonds. The van der Waals surface area contributed by atoms with Crippen LogP contribution in [0.5, 0.6) is 0 Å². The SMILES string of the molecule is O=C(Cn1c(CNC(=O)C2CCCO2)nc2ccccc21)NCc1ccccc1. The van der Waals surface area contributed by atoms with E-state index in [1.165, 1.54) is 0 Å². The smallest absolute Gasteiger partial charge is 0.249 e. The Morgan fingerprint density at radius 1 is 1.03 bits per heavy atom. The fraction of sp³-hybridized carbons (Fsp3) is 0.318. The molecule has 1 fully saturated rings. The third-order valence-electron chi connectivity index (χ3n) is 5.01. The number of nitrogens with one attached hydrogen (secondary N) is 2. The van der Waals surface area contributed by atoms with E-state index in [4.69, 9.17) is 4.74 Å². The maximum atomic E-state index is 12.6. The Labute approximate surface area is 169 Å². The van der Waals surface area contributed by atoms with Crippen molar-refractivity contribution in [2.24, 2.45) is 0 Å². The Hall–Kier alpha value is -3.19. The number of hydrogen-bond donors (Lipinski definition) is 2. The molecule has 1 aliphatic heterocycles. The van der Waals surface area contributed by atoms with Gasteiger partial charge >= 0.3 is 0 Å². The van der Waals surface area contributed by atoms with Crippen molar-refractivity contribution in [1.82, 2.24) is 20.2 Å². The first kappa shape index (κ1) is 19.1. The fourth-order valence-electron chi connectivity index (χ4n) is 3.50. The molecule has 4 rings (SSSR count). The molecule has 0 saturated carbocycles. The summed E-state index contributed by atoms with van der Waals surface area (Å²) >= 11 is 0. The van der Waals surface area contributed by atoms with E-state index < -0.39 is 0 Å². The Morgan fingerprint density at radius 2 is 1.83 bits per heavy atom. The monoisotopic (exact) mass is 392 g/mol. The van der Waals surface area contributed by atoms with Crippen LogP contribution in [0.3, 0.4) is 0 Å². The molecule has 0 spiro atoms. The number of nitrogens with zero attached hydrogens (tertiary/aromatic N) is 2. The lowest BCUT2D eigenvalue weighted by molar-refractivity contribution is -0.130. The van der Waals surface area contributed by atoms with Crippen LogP contribution in [0.25, 0.3) is 11.0 Å². The van der Waals surface area contributed by atoms with Gasteiger partial charge in [-0.3, -0.25) is 9.59 Å². The molecule has 1 aliphatic rings. The zero-order chi connectivity index (χ0) is 20.1. The molecule has 7 heteroatoms.